The Morgan fingerprint density at radius 1 is 1.08 bits per heavy atom. The van der Waals surface area contributed by atoms with Crippen molar-refractivity contribution in [1.82, 2.24) is 16.0 Å². The molecular weight excluding hydrogens is 150 g/mol. The van der Waals surface area contributed by atoms with Crippen molar-refractivity contribution in [3.05, 3.63) is 0 Å². The molecule has 0 saturated carbocycles. The fourth-order valence-electron chi connectivity index (χ4n) is 1.06. The lowest BCUT2D eigenvalue weighted by molar-refractivity contribution is 0.229. The van der Waals surface area contributed by atoms with Crippen LogP contribution in [0.3, 0.4) is 0 Å². The molecule has 2 atom stereocenters. The van der Waals surface area contributed by atoms with E-state index in [0.717, 1.165) is 5.92 Å². The van der Waals surface area contributed by atoms with Crippen molar-refractivity contribution in [1.29, 1.82) is 0 Å². The number of hydrogen-bond donors (Lipinski definition) is 2. The molecule has 0 bridgehead atoms. The van der Waals surface area contributed by atoms with Crippen LogP contribution in [-0.4, -0.2) is 24.1 Å². The molecule has 1 fully saturated rings. The molecule has 1 saturated heterocycles. The summed E-state index contributed by atoms with van der Waals surface area (Å²) in [5, 5.41) is 2.16. The van der Waals surface area contributed by atoms with Gasteiger partial charge in [0.15, 0.2) is 0 Å². The topological polar surface area (TPSA) is 27.1 Å². The van der Waals surface area contributed by atoms with E-state index in [2.05, 4.69) is 43.7 Å². The first-order valence-corrected chi connectivity index (χ1v) is 4.87. The highest BCUT2D eigenvalue weighted by molar-refractivity contribution is 4.71. The smallest absolute Gasteiger partial charge is 0.0287 e. The molecule has 0 spiro atoms. The number of hydrogen-bond acceptors (Lipinski definition) is 3. The fourth-order valence-corrected chi connectivity index (χ4v) is 1.06. The Morgan fingerprint density at radius 2 is 1.67 bits per heavy atom. The first-order valence-electron chi connectivity index (χ1n) is 4.87. The van der Waals surface area contributed by atoms with E-state index < -0.39 is 0 Å². The van der Waals surface area contributed by atoms with Gasteiger partial charge in [0.05, 0.1) is 0 Å². The van der Waals surface area contributed by atoms with E-state index in [1.54, 1.807) is 0 Å². The van der Waals surface area contributed by atoms with Crippen LogP contribution in [0.5, 0.6) is 0 Å². The third-order valence-electron chi connectivity index (χ3n) is 2.74. The maximum Gasteiger partial charge on any atom is 0.0287 e. The molecule has 3 nitrogen and oxygen atoms in total. The van der Waals surface area contributed by atoms with E-state index in [0.29, 0.717) is 12.0 Å². The lowest BCUT2D eigenvalue weighted by Crippen LogP contribution is -2.46. The van der Waals surface area contributed by atoms with Gasteiger partial charge in [0.1, 0.15) is 0 Å². The van der Waals surface area contributed by atoms with Crippen molar-refractivity contribution in [3.63, 3.8) is 0 Å². The van der Waals surface area contributed by atoms with Crippen molar-refractivity contribution in [2.45, 2.75) is 33.7 Å². The van der Waals surface area contributed by atoms with Crippen molar-refractivity contribution in [3.8, 4) is 0 Å². The molecule has 1 rings (SSSR count). The average molecular weight is 171 g/mol. The lowest BCUT2D eigenvalue weighted by atomic mass is 9.92. The van der Waals surface area contributed by atoms with Gasteiger partial charge in [-0.1, -0.05) is 20.8 Å². The maximum atomic E-state index is 3.30. The molecule has 1 heterocycles. The Morgan fingerprint density at radius 3 is 2.08 bits per heavy atom. The molecular formula is C9H21N3. The summed E-state index contributed by atoms with van der Waals surface area (Å²) in [6, 6.07) is 0.533. The van der Waals surface area contributed by atoms with Crippen LogP contribution in [0.4, 0.5) is 0 Å². The quantitative estimate of drug-likeness (QED) is 0.477. The van der Waals surface area contributed by atoms with Crippen molar-refractivity contribution >= 4 is 0 Å². The summed E-state index contributed by atoms with van der Waals surface area (Å²) >= 11 is 0. The molecule has 2 N–H and O–H groups in total. The Balaban J connectivity index is 2.11. The minimum Gasteiger partial charge on any atom is -0.241 e. The van der Waals surface area contributed by atoms with Crippen molar-refractivity contribution < 1.29 is 0 Å². The summed E-state index contributed by atoms with van der Waals surface area (Å²) in [5.74, 6) is 1.45. The second kappa shape index (κ2) is 4.21. The molecule has 72 valence electrons. The molecule has 3 heteroatoms. The molecule has 0 aromatic heterocycles. The van der Waals surface area contributed by atoms with E-state index in [9.17, 15) is 0 Å². The second-order valence-electron chi connectivity index (χ2n) is 4.13. The molecule has 0 radical (unpaired) electrons. The molecule has 2 unspecified atom stereocenters. The Bertz CT molecular complexity index is 132. The van der Waals surface area contributed by atoms with Crippen LogP contribution < -0.4 is 11.0 Å². The lowest BCUT2D eigenvalue weighted by Gasteiger charge is -2.24. The molecule has 1 aliphatic heterocycles. The third-order valence-corrected chi connectivity index (χ3v) is 2.74. The molecule has 0 aliphatic carbocycles. The molecule has 0 aromatic carbocycles. The Labute approximate surface area is 75.5 Å². The van der Waals surface area contributed by atoms with Crippen LogP contribution in [0.25, 0.3) is 0 Å². The highest BCUT2D eigenvalue weighted by atomic mass is 15.7. The van der Waals surface area contributed by atoms with Gasteiger partial charge in [0, 0.05) is 19.1 Å². The number of nitrogens with zero attached hydrogens (tertiary/aromatic N) is 1. The average Bonchev–Trinajstić information content (AvgIpc) is 2.81. The first kappa shape index (κ1) is 9.96. The molecule has 0 amide bonds. The van der Waals surface area contributed by atoms with Gasteiger partial charge >= 0.3 is 0 Å². The Kier molecular flexibility index (Phi) is 3.50. The second-order valence-corrected chi connectivity index (χ2v) is 4.13. The number of hydrazine groups is 2. The monoisotopic (exact) mass is 171 g/mol. The van der Waals surface area contributed by atoms with Crippen LogP contribution in [0.15, 0.2) is 0 Å². The predicted molar refractivity (Wildman–Crippen MR) is 51.3 cm³/mol. The minimum absolute atomic E-state index is 0.533. The summed E-state index contributed by atoms with van der Waals surface area (Å²) in [5.41, 5.74) is 6.48. The van der Waals surface area contributed by atoms with Gasteiger partial charge in [-0.3, -0.25) is 0 Å². The van der Waals surface area contributed by atoms with Crippen LogP contribution in [-0.2, 0) is 0 Å². The van der Waals surface area contributed by atoms with Gasteiger partial charge < -0.3 is 0 Å². The standard InChI is InChI=1S/C9H21N3/c1-7(2)8(3)9(4)10-11-12-5-6-12/h7-11H,5-6H2,1-4H3. The highest BCUT2D eigenvalue weighted by Crippen LogP contribution is 2.13. The maximum absolute atomic E-state index is 3.30. The zero-order valence-corrected chi connectivity index (χ0v) is 8.59. The zero-order chi connectivity index (χ0) is 9.14. The summed E-state index contributed by atoms with van der Waals surface area (Å²) in [7, 11) is 0. The fraction of sp³-hybridized carbons (Fsp3) is 1.00. The van der Waals surface area contributed by atoms with Crippen molar-refractivity contribution in [2.24, 2.45) is 11.8 Å². The molecule has 0 aromatic rings. The first-order chi connectivity index (χ1) is 5.61. The summed E-state index contributed by atoms with van der Waals surface area (Å²) in [4.78, 5) is 0. The highest BCUT2D eigenvalue weighted by Gasteiger charge is 2.19. The molecule has 1 aliphatic rings. The normalized spacial score (nSPS) is 22.8. The largest absolute Gasteiger partial charge is 0.241 e. The van der Waals surface area contributed by atoms with E-state index >= 15 is 0 Å². The summed E-state index contributed by atoms with van der Waals surface area (Å²) in [6.07, 6.45) is 0. The van der Waals surface area contributed by atoms with Crippen LogP contribution in [0, 0.1) is 11.8 Å². The summed E-state index contributed by atoms with van der Waals surface area (Å²) < 4.78 is 0. The SMILES string of the molecule is CC(C)C(C)C(C)NNN1CC1. The van der Waals surface area contributed by atoms with E-state index in [-0.39, 0.29) is 0 Å². The summed E-state index contributed by atoms with van der Waals surface area (Å²) in [6.45, 7) is 11.4. The van der Waals surface area contributed by atoms with Gasteiger partial charge in [0.2, 0.25) is 0 Å². The number of nitrogens with one attached hydrogen (secondary N) is 2. The van der Waals surface area contributed by atoms with Gasteiger partial charge in [-0.2, -0.15) is 5.53 Å². The van der Waals surface area contributed by atoms with E-state index in [4.69, 9.17) is 0 Å². The van der Waals surface area contributed by atoms with Gasteiger partial charge in [-0.25, -0.2) is 10.4 Å². The van der Waals surface area contributed by atoms with Crippen LogP contribution in [0.1, 0.15) is 27.7 Å². The van der Waals surface area contributed by atoms with Gasteiger partial charge in [-0.05, 0) is 18.8 Å². The van der Waals surface area contributed by atoms with E-state index in [1.165, 1.54) is 13.1 Å². The predicted octanol–water partition coefficient (Wildman–Crippen LogP) is 0.992. The van der Waals surface area contributed by atoms with Crippen LogP contribution in [0.2, 0.25) is 0 Å². The third kappa shape index (κ3) is 3.09. The molecule has 12 heavy (non-hydrogen) atoms. The Hall–Kier alpha value is -0.120. The van der Waals surface area contributed by atoms with E-state index in [1.807, 2.05) is 0 Å². The van der Waals surface area contributed by atoms with Crippen LogP contribution >= 0.6 is 0 Å². The van der Waals surface area contributed by atoms with Gasteiger partial charge in [-0.15, -0.1) is 0 Å². The zero-order valence-electron chi connectivity index (χ0n) is 8.59. The number of rotatable bonds is 5. The minimum atomic E-state index is 0.533. The van der Waals surface area contributed by atoms with Crippen molar-refractivity contribution in [2.75, 3.05) is 13.1 Å². The van der Waals surface area contributed by atoms with Gasteiger partial charge in [0.25, 0.3) is 0 Å².